The van der Waals surface area contributed by atoms with Crippen LogP contribution >= 0.6 is 11.6 Å². The molecule has 0 aliphatic carbocycles. The van der Waals surface area contributed by atoms with Crippen molar-refractivity contribution in [2.45, 2.75) is 83.2 Å². The number of esters is 1. The number of halogens is 1. The zero-order valence-corrected chi connectivity index (χ0v) is 18.2. The van der Waals surface area contributed by atoms with E-state index in [4.69, 9.17) is 21.1 Å². The summed E-state index contributed by atoms with van der Waals surface area (Å²) in [6.45, 7) is 3.92. The molecule has 2 aromatic heterocycles. The molecule has 3 heterocycles. The Morgan fingerprint density at radius 2 is 1.93 bits per heavy atom. The molecule has 2 aromatic rings. The van der Waals surface area contributed by atoms with Crippen LogP contribution in [0.25, 0.3) is 5.52 Å². The summed E-state index contributed by atoms with van der Waals surface area (Å²) in [5, 5.41) is 25.3. The molecule has 0 bridgehead atoms. The largest absolute Gasteiger partial charge is 0.463 e. The summed E-state index contributed by atoms with van der Waals surface area (Å²) in [6, 6.07) is 3.51. The highest BCUT2D eigenvalue weighted by molar-refractivity contribution is 6.29. The summed E-state index contributed by atoms with van der Waals surface area (Å²) >= 11 is 5.99. The van der Waals surface area contributed by atoms with Crippen LogP contribution in [0.3, 0.4) is 0 Å². The Morgan fingerprint density at radius 3 is 2.70 bits per heavy atom. The van der Waals surface area contributed by atoms with E-state index in [-0.39, 0.29) is 19.0 Å². The van der Waals surface area contributed by atoms with Crippen molar-refractivity contribution in [1.82, 2.24) is 14.6 Å². The highest BCUT2D eigenvalue weighted by Gasteiger charge is 2.43. The Hall–Kier alpha value is -1.74. The van der Waals surface area contributed by atoms with Gasteiger partial charge < -0.3 is 19.7 Å². The minimum Gasteiger partial charge on any atom is -0.463 e. The van der Waals surface area contributed by atoms with E-state index in [2.05, 4.69) is 17.0 Å². The maximum Gasteiger partial charge on any atom is 0.305 e. The molecular formula is C21H30ClN3O5. The maximum atomic E-state index is 11.9. The minimum atomic E-state index is -1.14. The predicted octanol–water partition coefficient (Wildman–Crippen LogP) is 2.63. The smallest absolute Gasteiger partial charge is 0.305 e. The lowest BCUT2D eigenvalue weighted by atomic mass is 10.1. The number of rotatable bonds is 10. The van der Waals surface area contributed by atoms with Gasteiger partial charge in [-0.05, 0) is 25.5 Å². The first-order chi connectivity index (χ1) is 14.4. The first kappa shape index (κ1) is 22.9. The van der Waals surface area contributed by atoms with Gasteiger partial charge in [-0.15, -0.1) is 0 Å². The monoisotopic (exact) mass is 439 g/mol. The van der Waals surface area contributed by atoms with Crippen LogP contribution in [0.15, 0.2) is 12.1 Å². The van der Waals surface area contributed by atoms with Gasteiger partial charge in [0.25, 0.3) is 0 Å². The number of ether oxygens (including phenoxy) is 2. The first-order valence-electron chi connectivity index (χ1n) is 10.6. The highest BCUT2D eigenvalue weighted by atomic mass is 35.5. The van der Waals surface area contributed by atoms with Gasteiger partial charge in [-0.3, -0.25) is 4.79 Å². The Labute approximate surface area is 181 Å². The molecule has 0 radical (unpaired) electrons. The molecule has 1 saturated heterocycles. The fourth-order valence-electron chi connectivity index (χ4n) is 3.73. The number of aliphatic hydroxyl groups is 2. The van der Waals surface area contributed by atoms with Gasteiger partial charge in [-0.25, -0.2) is 9.50 Å². The van der Waals surface area contributed by atoms with E-state index in [0.29, 0.717) is 17.4 Å². The third-order valence-electron chi connectivity index (χ3n) is 5.45. The first-order valence-corrected chi connectivity index (χ1v) is 11.0. The fraction of sp³-hybridized carbons (Fsp3) is 0.667. The average molecular weight is 440 g/mol. The van der Waals surface area contributed by atoms with Crippen LogP contribution in [-0.2, 0) is 20.7 Å². The summed E-state index contributed by atoms with van der Waals surface area (Å²) in [6.07, 6.45) is 2.09. The number of aromatic nitrogens is 3. The van der Waals surface area contributed by atoms with Crippen molar-refractivity contribution >= 4 is 23.1 Å². The molecule has 2 N–H and O–H groups in total. The van der Waals surface area contributed by atoms with Crippen LogP contribution in [0.5, 0.6) is 0 Å². The second-order valence-corrected chi connectivity index (χ2v) is 8.20. The number of carbonyl (C=O) groups excluding carboxylic acids is 1. The standard InChI is InChI=1S/C21H30ClN3O5/c1-3-4-5-6-7-8-19(26)29-12-16-21(28)20(27)15(30-16)11-18-23-13(2)14-9-10-17(22)24-25(14)18/h9-10,15-16,20-21,27-28H,3-8,11-12H2,1-2H3/t15-,16+,20-,21+/m0/s1. The second-order valence-electron chi connectivity index (χ2n) is 7.81. The Morgan fingerprint density at radius 1 is 1.20 bits per heavy atom. The van der Waals surface area contributed by atoms with Crippen LogP contribution in [0.1, 0.15) is 57.0 Å². The van der Waals surface area contributed by atoms with E-state index >= 15 is 0 Å². The molecule has 30 heavy (non-hydrogen) atoms. The molecule has 1 aliphatic heterocycles. The zero-order chi connectivity index (χ0) is 21.7. The molecule has 0 unspecified atom stereocenters. The van der Waals surface area contributed by atoms with Crippen molar-refractivity contribution in [2.75, 3.05) is 6.61 Å². The molecule has 4 atom stereocenters. The lowest BCUT2D eigenvalue weighted by Crippen LogP contribution is -2.35. The molecule has 0 spiro atoms. The molecule has 9 heteroatoms. The molecule has 1 aliphatic rings. The van der Waals surface area contributed by atoms with Gasteiger partial charge in [0.15, 0.2) is 0 Å². The molecular weight excluding hydrogens is 410 g/mol. The van der Waals surface area contributed by atoms with E-state index in [1.54, 1.807) is 10.6 Å². The SMILES string of the molecule is CCCCCCCC(=O)OC[C@H]1O[C@@H](Cc2nc(C)c3ccc(Cl)nn23)[C@H](O)[C@@H]1O. The lowest BCUT2D eigenvalue weighted by Gasteiger charge is -2.14. The van der Waals surface area contributed by atoms with Crippen molar-refractivity contribution in [3.05, 3.63) is 28.8 Å². The van der Waals surface area contributed by atoms with Gasteiger partial charge in [0.1, 0.15) is 35.9 Å². The summed E-state index contributed by atoms with van der Waals surface area (Å²) < 4.78 is 12.7. The lowest BCUT2D eigenvalue weighted by molar-refractivity contribution is -0.149. The van der Waals surface area contributed by atoms with Gasteiger partial charge in [-0.2, -0.15) is 5.10 Å². The molecule has 166 valence electrons. The quantitative estimate of drug-likeness (QED) is 0.433. The molecule has 8 nitrogen and oxygen atoms in total. The number of nitrogens with zero attached hydrogens (tertiary/aromatic N) is 3. The van der Waals surface area contributed by atoms with Crippen LogP contribution in [0.4, 0.5) is 0 Å². The summed E-state index contributed by atoms with van der Waals surface area (Å²) in [5.41, 5.74) is 1.60. The molecule has 1 fully saturated rings. The van der Waals surface area contributed by atoms with E-state index in [0.717, 1.165) is 36.9 Å². The molecule has 0 aromatic carbocycles. The Kier molecular flexibility index (Phi) is 8.05. The van der Waals surface area contributed by atoms with Crippen molar-refractivity contribution in [3.8, 4) is 0 Å². The summed E-state index contributed by atoms with van der Waals surface area (Å²) in [4.78, 5) is 16.4. The number of hydrogen-bond donors (Lipinski definition) is 2. The van der Waals surface area contributed by atoms with Crippen molar-refractivity contribution in [2.24, 2.45) is 0 Å². The van der Waals surface area contributed by atoms with E-state index in [1.165, 1.54) is 6.42 Å². The number of hydrogen-bond acceptors (Lipinski definition) is 7. The van der Waals surface area contributed by atoms with Crippen molar-refractivity contribution in [3.63, 3.8) is 0 Å². The van der Waals surface area contributed by atoms with Crippen molar-refractivity contribution in [1.29, 1.82) is 0 Å². The van der Waals surface area contributed by atoms with E-state index < -0.39 is 24.4 Å². The number of aryl methyl sites for hydroxylation is 1. The number of unbranched alkanes of at least 4 members (excludes halogenated alkanes) is 4. The highest BCUT2D eigenvalue weighted by Crippen LogP contribution is 2.25. The molecule has 3 rings (SSSR count). The third-order valence-corrected chi connectivity index (χ3v) is 5.65. The molecule has 0 amide bonds. The minimum absolute atomic E-state index is 0.0893. The topological polar surface area (TPSA) is 106 Å². The summed E-state index contributed by atoms with van der Waals surface area (Å²) in [7, 11) is 0. The maximum absolute atomic E-state index is 11.9. The van der Waals surface area contributed by atoms with Crippen LogP contribution < -0.4 is 0 Å². The number of aliphatic hydroxyl groups excluding tert-OH is 2. The number of imidazole rings is 1. The van der Waals surface area contributed by atoms with Gasteiger partial charge in [0, 0.05) is 12.8 Å². The predicted molar refractivity (Wildman–Crippen MR) is 111 cm³/mol. The van der Waals surface area contributed by atoms with E-state index in [1.807, 2.05) is 13.0 Å². The molecule has 0 saturated carbocycles. The van der Waals surface area contributed by atoms with Crippen LogP contribution in [-0.4, -0.2) is 61.8 Å². The third kappa shape index (κ3) is 5.49. The normalized spacial score (nSPS) is 23.9. The fourth-order valence-corrected chi connectivity index (χ4v) is 3.87. The second kappa shape index (κ2) is 10.5. The van der Waals surface area contributed by atoms with Crippen molar-refractivity contribution < 1.29 is 24.5 Å². The van der Waals surface area contributed by atoms with E-state index in [9.17, 15) is 15.0 Å². The number of fused-ring (bicyclic) bond motifs is 1. The van der Waals surface area contributed by atoms with Gasteiger partial charge >= 0.3 is 5.97 Å². The number of carbonyl (C=O) groups is 1. The van der Waals surface area contributed by atoms with Gasteiger partial charge in [0.2, 0.25) is 0 Å². The zero-order valence-electron chi connectivity index (χ0n) is 17.5. The summed E-state index contributed by atoms with van der Waals surface area (Å²) in [5.74, 6) is 0.264. The van der Waals surface area contributed by atoms with Gasteiger partial charge in [-0.1, -0.05) is 44.2 Å². The Bertz CT molecular complexity index is 859. The Balaban J connectivity index is 1.53. The van der Waals surface area contributed by atoms with Crippen LogP contribution in [0.2, 0.25) is 5.15 Å². The van der Waals surface area contributed by atoms with Gasteiger partial charge in [0.05, 0.1) is 17.3 Å². The average Bonchev–Trinajstić information content (AvgIpc) is 3.17. The van der Waals surface area contributed by atoms with Crippen LogP contribution in [0, 0.1) is 6.92 Å².